The molecule has 1 unspecified atom stereocenters. The number of amides is 1. The molecule has 1 fully saturated rings. The first-order valence-electron chi connectivity index (χ1n) is 6.59. The van der Waals surface area contributed by atoms with Gasteiger partial charge in [-0.2, -0.15) is 0 Å². The molecule has 0 bridgehead atoms. The Labute approximate surface area is 113 Å². The number of carbonyl (C=O) groups excluding carboxylic acids is 1. The number of likely N-dealkylation sites (tertiary alicyclic amines) is 1. The summed E-state index contributed by atoms with van der Waals surface area (Å²) in [6.45, 7) is 2.95. The summed E-state index contributed by atoms with van der Waals surface area (Å²) in [6.07, 6.45) is 4.19. The Morgan fingerprint density at radius 3 is 3.00 bits per heavy atom. The molecule has 1 aromatic rings. The van der Waals surface area contributed by atoms with Crippen LogP contribution in [0.4, 0.5) is 0 Å². The molecule has 1 aliphatic rings. The number of carbonyl (C=O) groups is 1. The molecule has 0 aromatic carbocycles. The molecule has 1 aromatic heterocycles. The van der Waals surface area contributed by atoms with Crippen molar-refractivity contribution in [3.8, 4) is 11.8 Å². The number of nitrogens with zero attached hydrogens (tertiary/aromatic N) is 2. The van der Waals surface area contributed by atoms with Crippen LogP contribution in [0.3, 0.4) is 0 Å². The van der Waals surface area contributed by atoms with Gasteiger partial charge in [0.05, 0.1) is 6.61 Å². The topological polar surface area (TPSA) is 53.4 Å². The van der Waals surface area contributed by atoms with Gasteiger partial charge in [0, 0.05) is 30.8 Å². The highest BCUT2D eigenvalue weighted by molar-refractivity contribution is 5.92. The lowest BCUT2D eigenvalue weighted by atomic mass is 10.2. The lowest BCUT2D eigenvalue weighted by Gasteiger charge is -2.20. The molecule has 1 N–H and O–H groups in total. The minimum Gasteiger partial charge on any atom is -0.395 e. The van der Waals surface area contributed by atoms with Gasteiger partial charge in [0.1, 0.15) is 5.69 Å². The van der Waals surface area contributed by atoms with Gasteiger partial charge in [-0.1, -0.05) is 11.8 Å². The van der Waals surface area contributed by atoms with Gasteiger partial charge in [0.25, 0.3) is 5.91 Å². The second-order valence-corrected chi connectivity index (χ2v) is 4.70. The Kier molecular flexibility index (Phi) is 4.53. The molecular weight excluding hydrogens is 240 g/mol. The van der Waals surface area contributed by atoms with Gasteiger partial charge in [0.15, 0.2) is 0 Å². The molecule has 4 heteroatoms. The summed E-state index contributed by atoms with van der Waals surface area (Å²) in [7, 11) is 0. The second kappa shape index (κ2) is 6.35. The molecule has 0 radical (unpaired) electrons. The highest BCUT2D eigenvalue weighted by Gasteiger charge is 2.26. The first-order valence-corrected chi connectivity index (χ1v) is 6.59. The van der Waals surface area contributed by atoms with Crippen LogP contribution in [0.5, 0.6) is 0 Å². The maximum Gasteiger partial charge on any atom is 0.272 e. The predicted octanol–water partition coefficient (Wildman–Crippen LogP) is 1.44. The summed E-state index contributed by atoms with van der Waals surface area (Å²) >= 11 is 0. The molecule has 1 aliphatic heterocycles. The fraction of sp³-hybridized carbons (Fsp3) is 0.467. The van der Waals surface area contributed by atoms with E-state index in [1.807, 2.05) is 4.90 Å². The van der Waals surface area contributed by atoms with E-state index < -0.39 is 0 Å². The fourth-order valence-corrected chi connectivity index (χ4v) is 2.20. The number of aliphatic hydroxyl groups is 1. The van der Waals surface area contributed by atoms with E-state index in [1.165, 1.54) is 0 Å². The van der Waals surface area contributed by atoms with Gasteiger partial charge in [-0.25, -0.2) is 4.98 Å². The van der Waals surface area contributed by atoms with E-state index in [0.717, 1.165) is 24.9 Å². The van der Waals surface area contributed by atoms with Crippen molar-refractivity contribution in [3.05, 3.63) is 29.6 Å². The molecular formula is C15H18N2O2. The minimum absolute atomic E-state index is 0.000123. The minimum atomic E-state index is -0.000123. The van der Waals surface area contributed by atoms with E-state index in [1.54, 1.807) is 18.3 Å². The van der Waals surface area contributed by atoms with Crippen LogP contribution in [0.2, 0.25) is 0 Å². The molecule has 19 heavy (non-hydrogen) atoms. The Bertz CT molecular complexity index is 499. The number of hydrogen-bond donors (Lipinski definition) is 1. The zero-order chi connectivity index (χ0) is 13.7. The molecule has 2 rings (SSSR count). The van der Waals surface area contributed by atoms with Crippen molar-refractivity contribution in [3.63, 3.8) is 0 Å². The van der Waals surface area contributed by atoms with Crippen molar-refractivity contribution in [2.24, 2.45) is 0 Å². The molecule has 100 valence electrons. The quantitative estimate of drug-likeness (QED) is 0.817. The van der Waals surface area contributed by atoms with Gasteiger partial charge >= 0.3 is 0 Å². The fourth-order valence-electron chi connectivity index (χ4n) is 2.20. The first-order chi connectivity index (χ1) is 9.22. The number of pyridine rings is 1. The standard InChI is InChI=1S/C15H18N2O2/c1-12-5-4-9-17(12)15(19)14-8-7-13(11-16-14)6-2-3-10-18/h7-8,11-12,18H,3-5,9-10H2,1H3. The highest BCUT2D eigenvalue weighted by atomic mass is 16.2. The van der Waals surface area contributed by atoms with Gasteiger partial charge in [0.2, 0.25) is 0 Å². The van der Waals surface area contributed by atoms with E-state index in [0.29, 0.717) is 18.2 Å². The van der Waals surface area contributed by atoms with Crippen molar-refractivity contribution >= 4 is 5.91 Å². The largest absolute Gasteiger partial charge is 0.395 e. The molecule has 1 amide bonds. The van der Waals surface area contributed by atoms with Gasteiger partial charge in [-0.05, 0) is 31.9 Å². The van der Waals surface area contributed by atoms with E-state index in [2.05, 4.69) is 23.7 Å². The molecule has 1 atom stereocenters. The number of aliphatic hydroxyl groups excluding tert-OH is 1. The van der Waals surface area contributed by atoms with E-state index >= 15 is 0 Å². The van der Waals surface area contributed by atoms with E-state index in [4.69, 9.17) is 5.11 Å². The van der Waals surface area contributed by atoms with Crippen LogP contribution in [-0.2, 0) is 0 Å². The second-order valence-electron chi connectivity index (χ2n) is 4.70. The van der Waals surface area contributed by atoms with E-state index in [9.17, 15) is 4.79 Å². The number of hydrogen-bond acceptors (Lipinski definition) is 3. The number of rotatable bonds is 2. The summed E-state index contributed by atoms with van der Waals surface area (Å²) in [6, 6.07) is 3.82. The lowest BCUT2D eigenvalue weighted by molar-refractivity contribution is 0.0741. The molecule has 1 saturated heterocycles. The van der Waals surface area contributed by atoms with Crippen LogP contribution in [0.25, 0.3) is 0 Å². The zero-order valence-corrected chi connectivity index (χ0v) is 11.1. The van der Waals surface area contributed by atoms with Crippen molar-refractivity contribution in [1.29, 1.82) is 0 Å². The lowest BCUT2D eigenvalue weighted by Crippen LogP contribution is -2.34. The smallest absolute Gasteiger partial charge is 0.272 e. The van der Waals surface area contributed by atoms with Crippen molar-refractivity contribution in [2.75, 3.05) is 13.2 Å². The first kappa shape index (κ1) is 13.6. The van der Waals surface area contributed by atoms with Crippen molar-refractivity contribution in [2.45, 2.75) is 32.2 Å². The zero-order valence-electron chi connectivity index (χ0n) is 11.1. The van der Waals surface area contributed by atoms with Gasteiger partial charge < -0.3 is 10.0 Å². The summed E-state index contributed by atoms with van der Waals surface area (Å²) in [4.78, 5) is 18.3. The van der Waals surface area contributed by atoms with Crippen LogP contribution in [0, 0.1) is 11.8 Å². The van der Waals surface area contributed by atoms with Crippen LogP contribution < -0.4 is 0 Å². The normalized spacial score (nSPS) is 18.0. The Morgan fingerprint density at radius 1 is 1.58 bits per heavy atom. The van der Waals surface area contributed by atoms with Crippen LogP contribution >= 0.6 is 0 Å². The summed E-state index contributed by atoms with van der Waals surface area (Å²) in [5.74, 6) is 5.72. The molecule has 0 saturated carbocycles. The third-order valence-electron chi connectivity index (χ3n) is 3.27. The molecule has 2 heterocycles. The number of aromatic nitrogens is 1. The third-order valence-corrected chi connectivity index (χ3v) is 3.27. The van der Waals surface area contributed by atoms with Gasteiger partial charge in [-0.3, -0.25) is 4.79 Å². The predicted molar refractivity (Wildman–Crippen MR) is 72.6 cm³/mol. The molecule has 4 nitrogen and oxygen atoms in total. The summed E-state index contributed by atoms with van der Waals surface area (Å²) < 4.78 is 0. The van der Waals surface area contributed by atoms with Crippen LogP contribution in [-0.4, -0.2) is 40.1 Å². The summed E-state index contributed by atoms with van der Waals surface area (Å²) in [5.41, 5.74) is 1.24. The maximum atomic E-state index is 12.2. The van der Waals surface area contributed by atoms with E-state index in [-0.39, 0.29) is 12.5 Å². The average Bonchev–Trinajstić information content (AvgIpc) is 2.85. The third kappa shape index (κ3) is 3.33. The Morgan fingerprint density at radius 2 is 2.42 bits per heavy atom. The Balaban J connectivity index is 2.06. The van der Waals surface area contributed by atoms with Gasteiger partial charge in [-0.15, -0.1) is 0 Å². The summed E-state index contributed by atoms with van der Waals surface area (Å²) in [5, 5.41) is 8.64. The van der Waals surface area contributed by atoms with Crippen molar-refractivity contribution in [1.82, 2.24) is 9.88 Å². The SMILES string of the molecule is CC1CCCN1C(=O)c1ccc(C#CCCO)cn1. The molecule has 0 aliphatic carbocycles. The van der Waals surface area contributed by atoms with Crippen LogP contribution in [0.15, 0.2) is 18.3 Å². The van der Waals surface area contributed by atoms with Crippen LogP contribution in [0.1, 0.15) is 42.2 Å². The highest BCUT2D eigenvalue weighted by Crippen LogP contribution is 2.18. The Hall–Kier alpha value is -1.86. The molecule has 0 spiro atoms. The van der Waals surface area contributed by atoms with Crippen molar-refractivity contribution < 1.29 is 9.90 Å². The average molecular weight is 258 g/mol. The monoisotopic (exact) mass is 258 g/mol. The maximum absolute atomic E-state index is 12.2.